The van der Waals surface area contributed by atoms with Crippen LogP contribution in [-0.2, 0) is 10.2 Å². The van der Waals surface area contributed by atoms with Gasteiger partial charge in [-0.05, 0) is 43.2 Å². The first kappa shape index (κ1) is 16.2. The second-order valence-electron chi connectivity index (χ2n) is 6.89. The third-order valence-corrected chi connectivity index (χ3v) is 3.73. The summed E-state index contributed by atoms with van der Waals surface area (Å²) in [6.07, 6.45) is 1.14. The fourth-order valence-electron chi connectivity index (χ4n) is 1.96. The molecule has 1 N–H and O–H groups in total. The van der Waals surface area contributed by atoms with Gasteiger partial charge in [0.15, 0.2) is 0 Å². The first-order chi connectivity index (χ1) is 8.65. The minimum Gasteiger partial charge on any atom is -0.388 e. The van der Waals surface area contributed by atoms with Crippen LogP contribution in [0.2, 0.25) is 0 Å². The first-order valence-corrected chi connectivity index (χ1v) is 6.99. The minimum absolute atomic E-state index is 0.154. The summed E-state index contributed by atoms with van der Waals surface area (Å²) < 4.78 is 5.38. The van der Waals surface area contributed by atoms with E-state index in [0.29, 0.717) is 0 Å². The number of ether oxygens (including phenoxy) is 1. The standard InChI is InChI=1S/C17H28O2/c1-16(2,3)14-9-7-13(8-10-14)15(18)11-12-17(4,5)19-6/h7-10,15,18H,11-12H2,1-6H3. The molecule has 1 aromatic carbocycles. The van der Waals surface area contributed by atoms with Gasteiger partial charge in [0.1, 0.15) is 0 Å². The van der Waals surface area contributed by atoms with Gasteiger partial charge in [-0.15, -0.1) is 0 Å². The molecule has 0 aliphatic rings. The maximum absolute atomic E-state index is 10.2. The highest BCUT2D eigenvalue weighted by molar-refractivity contribution is 5.28. The number of benzene rings is 1. The zero-order valence-electron chi connectivity index (χ0n) is 13.2. The Morgan fingerprint density at radius 2 is 1.58 bits per heavy atom. The van der Waals surface area contributed by atoms with Crippen LogP contribution in [0.4, 0.5) is 0 Å². The third kappa shape index (κ3) is 4.96. The Morgan fingerprint density at radius 3 is 2.00 bits per heavy atom. The average molecular weight is 264 g/mol. The monoisotopic (exact) mass is 264 g/mol. The molecular weight excluding hydrogens is 236 g/mol. The molecule has 2 nitrogen and oxygen atoms in total. The molecule has 1 aromatic rings. The molecule has 1 atom stereocenters. The van der Waals surface area contributed by atoms with Crippen molar-refractivity contribution in [1.29, 1.82) is 0 Å². The average Bonchev–Trinajstić information content (AvgIpc) is 2.35. The van der Waals surface area contributed by atoms with Crippen molar-refractivity contribution in [2.24, 2.45) is 0 Å². The van der Waals surface area contributed by atoms with E-state index in [-0.39, 0.29) is 11.0 Å². The van der Waals surface area contributed by atoms with Crippen LogP contribution in [0.1, 0.15) is 64.7 Å². The number of aliphatic hydroxyl groups excluding tert-OH is 1. The summed E-state index contributed by atoms with van der Waals surface area (Å²) in [5.74, 6) is 0. The quantitative estimate of drug-likeness (QED) is 0.862. The zero-order valence-corrected chi connectivity index (χ0v) is 13.2. The molecule has 0 fully saturated rings. The van der Waals surface area contributed by atoms with Gasteiger partial charge in [0.2, 0.25) is 0 Å². The highest BCUT2D eigenvalue weighted by atomic mass is 16.5. The van der Waals surface area contributed by atoms with E-state index in [1.54, 1.807) is 7.11 Å². The van der Waals surface area contributed by atoms with E-state index < -0.39 is 6.10 Å². The molecule has 0 aromatic heterocycles. The predicted octanol–water partition coefficient (Wildman–Crippen LogP) is 4.22. The van der Waals surface area contributed by atoms with Crippen LogP contribution >= 0.6 is 0 Å². The summed E-state index contributed by atoms with van der Waals surface area (Å²) in [5, 5.41) is 10.2. The molecular formula is C17H28O2. The lowest BCUT2D eigenvalue weighted by Crippen LogP contribution is -2.23. The van der Waals surface area contributed by atoms with Gasteiger partial charge in [0.25, 0.3) is 0 Å². The Kier molecular flexibility index (Phi) is 5.17. The molecule has 1 unspecified atom stereocenters. The molecule has 19 heavy (non-hydrogen) atoms. The molecule has 0 amide bonds. The Hall–Kier alpha value is -0.860. The number of aliphatic hydroxyl groups is 1. The lowest BCUT2D eigenvalue weighted by atomic mass is 9.86. The number of hydrogen-bond donors (Lipinski definition) is 1. The molecule has 108 valence electrons. The van der Waals surface area contributed by atoms with Crippen molar-refractivity contribution in [2.75, 3.05) is 7.11 Å². The van der Waals surface area contributed by atoms with E-state index >= 15 is 0 Å². The van der Waals surface area contributed by atoms with Gasteiger partial charge in [0.05, 0.1) is 11.7 Å². The molecule has 0 spiro atoms. The molecule has 0 saturated heterocycles. The Bertz CT molecular complexity index is 385. The van der Waals surface area contributed by atoms with Crippen LogP contribution in [0.25, 0.3) is 0 Å². The fourth-order valence-corrected chi connectivity index (χ4v) is 1.96. The summed E-state index contributed by atoms with van der Waals surface area (Å²) >= 11 is 0. The SMILES string of the molecule is COC(C)(C)CCC(O)c1ccc(C(C)(C)C)cc1. The van der Waals surface area contributed by atoms with Gasteiger partial charge in [-0.1, -0.05) is 45.0 Å². The van der Waals surface area contributed by atoms with Crippen LogP contribution < -0.4 is 0 Å². The smallest absolute Gasteiger partial charge is 0.0791 e. The maximum atomic E-state index is 10.2. The van der Waals surface area contributed by atoms with Crippen molar-refractivity contribution < 1.29 is 9.84 Å². The van der Waals surface area contributed by atoms with E-state index in [1.807, 2.05) is 26.0 Å². The third-order valence-electron chi connectivity index (χ3n) is 3.73. The summed E-state index contributed by atoms with van der Waals surface area (Å²) in [7, 11) is 1.71. The van der Waals surface area contributed by atoms with Crippen molar-refractivity contribution in [3.05, 3.63) is 35.4 Å². The van der Waals surface area contributed by atoms with E-state index in [2.05, 4.69) is 32.9 Å². The van der Waals surface area contributed by atoms with Gasteiger partial charge in [-0.3, -0.25) is 0 Å². The van der Waals surface area contributed by atoms with E-state index in [0.717, 1.165) is 18.4 Å². The second kappa shape index (κ2) is 6.06. The number of hydrogen-bond acceptors (Lipinski definition) is 2. The molecule has 0 radical (unpaired) electrons. The minimum atomic E-state index is -0.413. The first-order valence-electron chi connectivity index (χ1n) is 6.99. The van der Waals surface area contributed by atoms with Gasteiger partial charge >= 0.3 is 0 Å². The van der Waals surface area contributed by atoms with Crippen molar-refractivity contribution in [2.45, 2.75) is 64.6 Å². The zero-order chi connectivity index (χ0) is 14.7. The summed E-state index contributed by atoms with van der Waals surface area (Å²) in [6.45, 7) is 10.7. The Morgan fingerprint density at radius 1 is 1.05 bits per heavy atom. The van der Waals surface area contributed by atoms with Crippen LogP contribution in [0.15, 0.2) is 24.3 Å². The van der Waals surface area contributed by atoms with Gasteiger partial charge in [-0.2, -0.15) is 0 Å². The molecule has 1 rings (SSSR count). The number of rotatable bonds is 5. The Labute approximate surface area is 117 Å². The second-order valence-corrected chi connectivity index (χ2v) is 6.89. The highest BCUT2D eigenvalue weighted by Gasteiger charge is 2.19. The lowest BCUT2D eigenvalue weighted by molar-refractivity contribution is 0.00279. The van der Waals surface area contributed by atoms with Gasteiger partial charge < -0.3 is 9.84 Å². The van der Waals surface area contributed by atoms with Crippen molar-refractivity contribution in [3.8, 4) is 0 Å². The highest BCUT2D eigenvalue weighted by Crippen LogP contribution is 2.27. The molecule has 0 aliphatic heterocycles. The van der Waals surface area contributed by atoms with Crippen LogP contribution in [0, 0.1) is 0 Å². The van der Waals surface area contributed by atoms with Crippen molar-refractivity contribution >= 4 is 0 Å². The summed E-state index contributed by atoms with van der Waals surface area (Å²) in [6, 6.07) is 8.29. The van der Waals surface area contributed by atoms with Crippen LogP contribution in [0.3, 0.4) is 0 Å². The van der Waals surface area contributed by atoms with E-state index in [4.69, 9.17) is 4.74 Å². The molecule has 2 heteroatoms. The van der Waals surface area contributed by atoms with Crippen molar-refractivity contribution in [3.63, 3.8) is 0 Å². The Balaban J connectivity index is 2.66. The summed E-state index contributed by atoms with van der Waals surface area (Å²) in [4.78, 5) is 0. The summed E-state index contributed by atoms with van der Waals surface area (Å²) in [5.41, 5.74) is 2.26. The molecule has 0 heterocycles. The van der Waals surface area contributed by atoms with Crippen LogP contribution in [-0.4, -0.2) is 17.8 Å². The largest absolute Gasteiger partial charge is 0.388 e. The van der Waals surface area contributed by atoms with Crippen molar-refractivity contribution in [1.82, 2.24) is 0 Å². The maximum Gasteiger partial charge on any atom is 0.0791 e. The normalized spacial score (nSPS) is 14.5. The van der Waals surface area contributed by atoms with Gasteiger partial charge in [0, 0.05) is 7.11 Å². The molecule has 0 aliphatic carbocycles. The topological polar surface area (TPSA) is 29.5 Å². The lowest BCUT2D eigenvalue weighted by Gasteiger charge is -2.24. The predicted molar refractivity (Wildman–Crippen MR) is 80.4 cm³/mol. The number of methoxy groups -OCH3 is 1. The fraction of sp³-hybridized carbons (Fsp3) is 0.647. The molecule has 0 saturated carbocycles. The van der Waals surface area contributed by atoms with E-state index in [1.165, 1.54) is 5.56 Å². The van der Waals surface area contributed by atoms with Crippen LogP contribution in [0.5, 0.6) is 0 Å². The molecule has 0 bridgehead atoms. The van der Waals surface area contributed by atoms with Gasteiger partial charge in [-0.25, -0.2) is 0 Å². The van der Waals surface area contributed by atoms with E-state index in [9.17, 15) is 5.11 Å².